The zero-order valence-electron chi connectivity index (χ0n) is 10.7. The first-order chi connectivity index (χ1) is 9.31. The van der Waals surface area contributed by atoms with Crippen molar-refractivity contribution in [3.05, 3.63) is 48.3 Å². The van der Waals surface area contributed by atoms with Crippen LogP contribution in [0, 0.1) is 11.3 Å². The van der Waals surface area contributed by atoms with Crippen molar-refractivity contribution in [1.82, 2.24) is 4.98 Å². The minimum Gasteiger partial charge on any atom is -0.494 e. The average molecular weight is 254 g/mol. The third-order valence-corrected chi connectivity index (χ3v) is 2.38. The van der Waals surface area contributed by atoms with E-state index in [9.17, 15) is 0 Å². The van der Waals surface area contributed by atoms with Crippen LogP contribution in [-0.4, -0.2) is 11.6 Å². The lowest BCUT2D eigenvalue weighted by Crippen LogP contribution is -1.94. The highest BCUT2D eigenvalue weighted by Crippen LogP contribution is 2.23. The summed E-state index contributed by atoms with van der Waals surface area (Å²) in [5.74, 6) is 2.13. The largest absolute Gasteiger partial charge is 0.494 e. The number of ether oxygens (including phenoxy) is 2. The average Bonchev–Trinajstić information content (AvgIpc) is 2.47. The van der Waals surface area contributed by atoms with E-state index in [1.165, 1.54) is 6.20 Å². The van der Waals surface area contributed by atoms with E-state index in [0.717, 1.165) is 12.2 Å². The minimum atomic E-state index is 0.371. The summed E-state index contributed by atoms with van der Waals surface area (Å²) in [5.41, 5.74) is 0.371. The van der Waals surface area contributed by atoms with Gasteiger partial charge in [0.15, 0.2) is 0 Å². The van der Waals surface area contributed by atoms with Gasteiger partial charge >= 0.3 is 0 Å². The van der Waals surface area contributed by atoms with E-state index in [1.54, 1.807) is 12.1 Å². The maximum Gasteiger partial charge on any atom is 0.145 e. The Bertz CT molecular complexity index is 556. The lowest BCUT2D eigenvalue weighted by atomic mass is 10.3. The molecule has 2 aromatic rings. The number of aromatic nitrogens is 1. The van der Waals surface area contributed by atoms with Gasteiger partial charge in [-0.25, -0.2) is 4.98 Å². The Morgan fingerprint density at radius 2 is 1.74 bits per heavy atom. The highest BCUT2D eigenvalue weighted by Gasteiger charge is 1.99. The fourth-order valence-corrected chi connectivity index (χ4v) is 1.47. The molecule has 1 aromatic carbocycles. The van der Waals surface area contributed by atoms with Gasteiger partial charge in [0, 0.05) is 0 Å². The molecule has 0 radical (unpaired) electrons. The Hall–Kier alpha value is -2.54. The van der Waals surface area contributed by atoms with Crippen LogP contribution in [0.1, 0.15) is 19.0 Å². The second-order valence-electron chi connectivity index (χ2n) is 3.91. The predicted octanol–water partition coefficient (Wildman–Crippen LogP) is 3.53. The number of benzene rings is 1. The normalized spacial score (nSPS) is 9.68. The molecule has 0 saturated heterocycles. The zero-order valence-corrected chi connectivity index (χ0v) is 10.7. The summed E-state index contributed by atoms with van der Waals surface area (Å²) in [6.07, 6.45) is 2.51. The summed E-state index contributed by atoms with van der Waals surface area (Å²) < 4.78 is 11.1. The van der Waals surface area contributed by atoms with Crippen molar-refractivity contribution in [3.8, 4) is 23.3 Å². The molecule has 1 aromatic heterocycles. The lowest BCUT2D eigenvalue weighted by Gasteiger charge is -2.07. The summed E-state index contributed by atoms with van der Waals surface area (Å²) in [4.78, 5) is 3.94. The van der Waals surface area contributed by atoms with Crippen molar-refractivity contribution in [3.63, 3.8) is 0 Å². The molecule has 96 valence electrons. The number of hydrogen-bond acceptors (Lipinski definition) is 4. The summed E-state index contributed by atoms with van der Waals surface area (Å²) in [6, 6.07) is 12.7. The number of pyridine rings is 1. The van der Waals surface area contributed by atoms with Crippen molar-refractivity contribution >= 4 is 0 Å². The molecule has 0 spiro atoms. The molecule has 0 atom stereocenters. The Kier molecular flexibility index (Phi) is 4.35. The van der Waals surface area contributed by atoms with Crippen LogP contribution in [0.5, 0.6) is 17.2 Å². The monoisotopic (exact) mass is 254 g/mol. The van der Waals surface area contributed by atoms with Crippen LogP contribution in [0.2, 0.25) is 0 Å². The molecule has 0 aliphatic heterocycles. The van der Waals surface area contributed by atoms with E-state index in [4.69, 9.17) is 14.7 Å². The molecule has 0 N–H and O–H groups in total. The van der Waals surface area contributed by atoms with Gasteiger partial charge in [0.1, 0.15) is 29.0 Å². The predicted molar refractivity (Wildman–Crippen MR) is 71.3 cm³/mol. The fraction of sp³-hybridized carbons (Fsp3) is 0.200. The summed E-state index contributed by atoms with van der Waals surface area (Å²) in [7, 11) is 0. The van der Waals surface area contributed by atoms with Crippen LogP contribution in [0.3, 0.4) is 0 Å². The molecule has 0 unspecified atom stereocenters. The Morgan fingerprint density at radius 1 is 1.05 bits per heavy atom. The van der Waals surface area contributed by atoms with Gasteiger partial charge in [0.05, 0.1) is 12.8 Å². The molecule has 4 heteroatoms. The smallest absolute Gasteiger partial charge is 0.145 e. The van der Waals surface area contributed by atoms with E-state index >= 15 is 0 Å². The first kappa shape index (κ1) is 12.9. The van der Waals surface area contributed by atoms with Gasteiger partial charge < -0.3 is 9.47 Å². The minimum absolute atomic E-state index is 0.371. The zero-order chi connectivity index (χ0) is 13.5. The molecular weight excluding hydrogens is 240 g/mol. The number of nitriles is 1. The quantitative estimate of drug-likeness (QED) is 0.819. The lowest BCUT2D eigenvalue weighted by molar-refractivity contribution is 0.317. The van der Waals surface area contributed by atoms with Gasteiger partial charge in [0.25, 0.3) is 0 Å². The van der Waals surface area contributed by atoms with Gasteiger partial charge in [-0.05, 0) is 42.8 Å². The van der Waals surface area contributed by atoms with Gasteiger partial charge in [-0.1, -0.05) is 6.92 Å². The Morgan fingerprint density at radius 3 is 2.32 bits per heavy atom. The molecular formula is C15H14N2O2. The van der Waals surface area contributed by atoms with Crippen molar-refractivity contribution in [1.29, 1.82) is 5.26 Å². The number of rotatable bonds is 5. The third kappa shape index (κ3) is 3.71. The molecule has 19 heavy (non-hydrogen) atoms. The van der Waals surface area contributed by atoms with Crippen molar-refractivity contribution < 1.29 is 9.47 Å². The van der Waals surface area contributed by atoms with E-state index in [-0.39, 0.29) is 0 Å². The van der Waals surface area contributed by atoms with Crippen LogP contribution < -0.4 is 9.47 Å². The summed E-state index contributed by atoms with van der Waals surface area (Å²) in [5, 5.41) is 8.65. The molecule has 0 fully saturated rings. The molecule has 0 amide bonds. The molecule has 0 saturated carbocycles. The van der Waals surface area contributed by atoms with Crippen molar-refractivity contribution in [2.24, 2.45) is 0 Å². The fourth-order valence-electron chi connectivity index (χ4n) is 1.47. The Balaban J connectivity index is 2.00. The van der Waals surface area contributed by atoms with E-state index in [0.29, 0.717) is 23.8 Å². The molecule has 1 heterocycles. The molecule has 0 bridgehead atoms. The van der Waals surface area contributed by atoms with Crippen LogP contribution in [0.4, 0.5) is 0 Å². The number of nitrogens with zero attached hydrogens (tertiary/aromatic N) is 2. The standard InChI is InChI=1S/C15H14N2O2/c1-2-9-18-13-5-7-14(8-6-13)19-15-4-3-12(10-16)17-11-15/h3-8,11H,2,9H2,1H3. The second-order valence-corrected chi connectivity index (χ2v) is 3.91. The highest BCUT2D eigenvalue weighted by molar-refractivity contribution is 5.35. The molecule has 2 rings (SSSR count). The third-order valence-electron chi connectivity index (χ3n) is 2.38. The molecule has 0 aliphatic carbocycles. The number of hydrogen-bond donors (Lipinski definition) is 0. The maximum atomic E-state index is 8.65. The summed E-state index contributed by atoms with van der Waals surface area (Å²) in [6.45, 7) is 2.77. The topological polar surface area (TPSA) is 55.1 Å². The first-order valence-corrected chi connectivity index (χ1v) is 6.08. The van der Waals surface area contributed by atoms with Crippen molar-refractivity contribution in [2.75, 3.05) is 6.61 Å². The van der Waals surface area contributed by atoms with E-state index in [1.807, 2.05) is 30.3 Å². The van der Waals surface area contributed by atoms with E-state index < -0.39 is 0 Å². The van der Waals surface area contributed by atoms with Crippen LogP contribution in [-0.2, 0) is 0 Å². The maximum absolute atomic E-state index is 8.65. The van der Waals surface area contributed by atoms with Crippen LogP contribution >= 0.6 is 0 Å². The van der Waals surface area contributed by atoms with Gasteiger partial charge in [0.2, 0.25) is 0 Å². The Labute approximate surface area is 112 Å². The first-order valence-electron chi connectivity index (χ1n) is 6.08. The van der Waals surface area contributed by atoms with Crippen LogP contribution in [0.15, 0.2) is 42.6 Å². The second kappa shape index (κ2) is 6.41. The summed E-state index contributed by atoms with van der Waals surface area (Å²) >= 11 is 0. The molecule has 0 aliphatic rings. The van der Waals surface area contributed by atoms with E-state index in [2.05, 4.69) is 11.9 Å². The molecule has 4 nitrogen and oxygen atoms in total. The SMILES string of the molecule is CCCOc1ccc(Oc2ccc(C#N)nc2)cc1. The van der Waals surface area contributed by atoms with Gasteiger partial charge in [-0.3, -0.25) is 0 Å². The highest BCUT2D eigenvalue weighted by atomic mass is 16.5. The van der Waals surface area contributed by atoms with Gasteiger partial charge in [-0.2, -0.15) is 5.26 Å². The van der Waals surface area contributed by atoms with Crippen LogP contribution in [0.25, 0.3) is 0 Å². The van der Waals surface area contributed by atoms with Gasteiger partial charge in [-0.15, -0.1) is 0 Å². The van der Waals surface area contributed by atoms with Crippen molar-refractivity contribution in [2.45, 2.75) is 13.3 Å².